The molecule has 0 aliphatic carbocycles. The Hall–Kier alpha value is -2.35. The van der Waals surface area contributed by atoms with Gasteiger partial charge in [-0.15, -0.1) is 12.4 Å². The van der Waals surface area contributed by atoms with Crippen LogP contribution in [0.5, 0.6) is 0 Å². The van der Waals surface area contributed by atoms with Gasteiger partial charge in [0.15, 0.2) is 0 Å². The molecule has 0 radical (unpaired) electrons. The topological polar surface area (TPSA) is 69.7 Å². The van der Waals surface area contributed by atoms with Gasteiger partial charge in [0.25, 0.3) is 5.91 Å². The van der Waals surface area contributed by atoms with Crippen molar-refractivity contribution >= 4 is 28.3 Å². The van der Waals surface area contributed by atoms with E-state index in [1.165, 1.54) is 4.90 Å². The summed E-state index contributed by atoms with van der Waals surface area (Å²) in [6.45, 7) is 4.85. The zero-order chi connectivity index (χ0) is 28.5. The van der Waals surface area contributed by atoms with Crippen LogP contribution >= 0.6 is 12.4 Å². The summed E-state index contributed by atoms with van der Waals surface area (Å²) in [5, 5.41) is 0. The lowest BCUT2D eigenvalue weighted by Gasteiger charge is -2.42. The normalized spacial score (nSPS) is 17.2. The van der Waals surface area contributed by atoms with Crippen LogP contribution in [0.1, 0.15) is 38.2 Å². The van der Waals surface area contributed by atoms with Crippen molar-refractivity contribution in [1.82, 2.24) is 14.5 Å². The number of aryl methyl sites for hydroxylation is 2. The van der Waals surface area contributed by atoms with Crippen LogP contribution in [-0.4, -0.2) is 69.1 Å². The van der Waals surface area contributed by atoms with Crippen molar-refractivity contribution in [2.75, 3.05) is 39.0 Å². The van der Waals surface area contributed by atoms with Gasteiger partial charge in [0, 0.05) is 44.3 Å². The zero-order valence-corrected chi connectivity index (χ0v) is 23.1. The quantitative estimate of drug-likeness (QED) is 0.468. The number of carbonyl (C=O) groups excluding carboxylic acids is 1. The van der Waals surface area contributed by atoms with Crippen LogP contribution in [0.15, 0.2) is 36.4 Å². The molecule has 1 fully saturated rings. The van der Waals surface area contributed by atoms with Crippen LogP contribution in [0.2, 0.25) is 0 Å². The SMILES string of the molecule is Cc1ccc(C[C@@H]2CN(CCNS(C)(=O)=O)CCN2C(=O)c2cc(C(F)(F)F)cc(C(F)(F)F)c2)cc1C.Cl. The van der Waals surface area contributed by atoms with Gasteiger partial charge < -0.3 is 4.90 Å². The van der Waals surface area contributed by atoms with Gasteiger partial charge in [-0.3, -0.25) is 9.69 Å². The van der Waals surface area contributed by atoms with Crippen molar-refractivity contribution in [1.29, 1.82) is 0 Å². The van der Waals surface area contributed by atoms with Crippen LogP contribution in [0.4, 0.5) is 26.3 Å². The number of benzene rings is 2. The first-order valence-electron chi connectivity index (χ1n) is 11.8. The van der Waals surface area contributed by atoms with Crippen molar-refractivity contribution in [2.45, 2.75) is 38.7 Å². The number of alkyl halides is 6. The minimum absolute atomic E-state index is 0. The van der Waals surface area contributed by atoms with Gasteiger partial charge >= 0.3 is 12.4 Å². The molecule has 1 amide bonds. The summed E-state index contributed by atoms with van der Waals surface area (Å²) in [5.41, 5.74) is -0.893. The molecule has 218 valence electrons. The van der Waals surface area contributed by atoms with E-state index in [0.29, 0.717) is 25.1 Å². The van der Waals surface area contributed by atoms with Crippen LogP contribution in [-0.2, 0) is 28.8 Å². The third kappa shape index (κ3) is 9.09. The summed E-state index contributed by atoms with van der Waals surface area (Å²) in [7, 11) is -3.41. The maximum Gasteiger partial charge on any atom is 0.416 e. The summed E-state index contributed by atoms with van der Waals surface area (Å²) in [6.07, 6.45) is -8.80. The van der Waals surface area contributed by atoms with Crippen molar-refractivity contribution in [2.24, 2.45) is 0 Å². The maximum atomic E-state index is 13.4. The molecule has 0 bridgehead atoms. The molecule has 6 nitrogen and oxygen atoms in total. The summed E-state index contributed by atoms with van der Waals surface area (Å²) >= 11 is 0. The first kappa shape index (κ1) is 32.9. The van der Waals surface area contributed by atoms with Gasteiger partial charge in [0.2, 0.25) is 10.0 Å². The average Bonchev–Trinajstić information content (AvgIpc) is 2.79. The van der Waals surface area contributed by atoms with Gasteiger partial charge in [-0.05, 0) is 55.2 Å². The van der Waals surface area contributed by atoms with E-state index in [9.17, 15) is 39.6 Å². The first-order chi connectivity index (χ1) is 17.4. The molecule has 39 heavy (non-hydrogen) atoms. The molecule has 2 aromatic rings. The zero-order valence-electron chi connectivity index (χ0n) is 21.5. The fourth-order valence-corrected chi connectivity index (χ4v) is 4.86. The number of nitrogens with one attached hydrogen (secondary N) is 1. The smallest absolute Gasteiger partial charge is 0.333 e. The largest absolute Gasteiger partial charge is 0.416 e. The maximum absolute atomic E-state index is 13.4. The molecule has 2 aromatic carbocycles. The molecule has 0 aromatic heterocycles. The molecule has 1 saturated heterocycles. The minimum atomic E-state index is -5.07. The summed E-state index contributed by atoms with van der Waals surface area (Å²) in [4.78, 5) is 16.6. The second-order valence-corrected chi connectivity index (χ2v) is 11.4. The number of piperazine rings is 1. The number of rotatable bonds is 7. The minimum Gasteiger partial charge on any atom is -0.333 e. The molecular formula is C25H30ClF6N3O3S. The Morgan fingerprint density at radius 3 is 2.05 bits per heavy atom. The summed E-state index contributed by atoms with van der Waals surface area (Å²) < 4.78 is 105. The lowest BCUT2D eigenvalue weighted by Crippen LogP contribution is -2.57. The molecule has 1 atom stereocenters. The lowest BCUT2D eigenvalue weighted by atomic mass is 9.97. The van der Waals surface area contributed by atoms with Crippen LogP contribution < -0.4 is 4.72 Å². The van der Waals surface area contributed by atoms with Crippen molar-refractivity contribution in [3.63, 3.8) is 0 Å². The van der Waals surface area contributed by atoms with Gasteiger partial charge in [0.05, 0.1) is 17.4 Å². The second-order valence-electron chi connectivity index (χ2n) is 9.54. The first-order valence-corrected chi connectivity index (χ1v) is 13.7. The van der Waals surface area contributed by atoms with E-state index in [2.05, 4.69) is 4.72 Å². The number of amides is 1. The van der Waals surface area contributed by atoms with E-state index in [1.54, 1.807) is 0 Å². The van der Waals surface area contributed by atoms with Gasteiger partial charge in [-0.1, -0.05) is 18.2 Å². The number of hydrogen-bond donors (Lipinski definition) is 1. The lowest BCUT2D eigenvalue weighted by molar-refractivity contribution is -0.143. The van der Waals surface area contributed by atoms with Crippen LogP contribution in [0, 0.1) is 13.8 Å². The number of nitrogens with zero attached hydrogens (tertiary/aromatic N) is 2. The Balaban J connectivity index is 0.00000533. The standard InChI is InChI=1S/C25H29F6N3O3S.ClH/c1-16-4-5-18(10-17(16)2)11-22-15-33(7-6-32-38(3,36)37)8-9-34(22)23(35)19-12-20(24(26,27)28)14-21(13-19)25(29,30)31;/h4-5,10,12-14,22,32H,6-9,11,15H2,1-3H3;1H/t22-;/m1./s1. The van der Waals surface area contributed by atoms with Gasteiger partial charge in [-0.2, -0.15) is 26.3 Å². The molecule has 3 rings (SSSR count). The molecule has 14 heteroatoms. The van der Waals surface area contributed by atoms with E-state index >= 15 is 0 Å². The Morgan fingerprint density at radius 2 is 1.54 bits per heavy atom. The fraction of sp³-hybridized carbons (Fsp3) is 0.480. The highest BCUT2D eigenvalue weighted by Gasteiger charge is 2.39. The van der Waals surface area contributed by atoms with Crippen molar-refractivity contribution in [3.8, 4) is 0 Å². The van der Waals surface area contributed by atoms with E-state index in [1.807, 2.05) is 36.9 Å². The van der Waals surface area contributed by atoms with Gasteiger partial charge in [-0.25, -0.2) is 13.1 Å². The number of hydrogen-bond acceptors (Lipinski definition) is 4. The molecule has 0 spiro atoms. The molecule has 0 unspecified atom stereocenters. The Morgan fingerprint density at radius 1 is 0.949 bits per heavy atom. The Labute approximate surface area is 229 Å². The average molecular weight is 602 g/mol. The van der Waals surface area contributed by atoms with Gasteiger partial charge in [0.1, 0.15) is 0 Å². The van der Waals surface area contributed by atoms with E-state index in [0.717, 1.165) is 22.9 Å². The highest BCUT2D eigenvalue weighted by atomic mass is 35.5. The monoisotopic (exact) mass is 601 g/mol. The Bertz CT molecular complexity index is 1250. The fourth-order valence-electron chi connectivity index (χ4n) is 4.40. The molecule has 1 aliphatic rings. The predicted molar refractivity (Wildman–Crippen MR) is 137 cm³/mol. The molecular weight excluding hydrogens is 572 g/mol. The van der Waals surface area contributed by atoms with Crippen molar-refractivity contribution in [3.05, 3.63) is 69.8 Å². The predicted octanol–water partition coefficient (Wildman–Crippen LogP) is 4.68. The number of sulfonamides is 1. The van der Waals surface area contributed by atoms with Crippen LogP contribution in [0.3, 0.4) is 0 Å². The highest BCUT2D eigenvalue weighted by Crippen LogP contribution is 2.37. The molecule has 1 aliphatic heterocycles. The van der Waals surface area contributed by atoms with E-state index < -0.39 is 51.0 Å². The van der Waals surface area contributed by atoms with E-state index in [4.69, 9.17) is 0 Å². The summed E-state index contributed by atoms with van der Waals surface area (Å²) in [5.74, 6) is -0.927. The Kier molecular flexibility index (Phi) is 10.5. The highest BCUT2D eigenvalue weighted by molar-refractivity contribution is 7.88. The second kappa shape index (κ2) is 12.4. The molecule has 0 saturated carbocycles. The molecule has 1 heterocycles. The van der Waals surface area contributed by atoms with Crippen LogP contribution in [0.25, 0.3) is 0 Å². The number of carbonyl (C=O) groups is 1. The van der Waals surface area contributed by atoms with E-state index in [-0.39, 0.29) is 44.7 Å². The van der Waals surface area contributed by atoms with Crippen molar-refractivity contribution < 1.29 is 39.6 Å². The molecule has 1 N–H and O–H groups in total. The third-order valence-electron chi connectivity index (χ3n) is 6.50. The third-order valence-corrected chi connectivity index (χ3v) is 7.23. The summed E-state index contributed by atoms with van der Waals surface area (Å²) in [6, 6.07) is 6.02. The number of halogens is 7.